The molecule has 0 aliphatic carbocycles. The smallest absolute Gasteiger partial charge is 0.335 e. The predicted octanol–water partition coefficient (Wildman–Crippen LogP) is 4.49. The number of carbonyl (C=O) groups excluding carboxylic acids is 1. The number of carbonyl (C=O) groups is 1. The standard InChI is InChI=1S/C16H32O3/c1-4-7-9-11-14-19-16(17)15(12-6-3)18-13-10-8-5-2/h15H,4-14H2,1-3H3. The van der Waals surface area contributed by atoms with Crippen molar-refractivity contribution in [1.29, 1.82) is 0 Å². The first-order valence-electron chi connectivity index (χ1n) is 8.04. The van der Waals surface area contributed by atoms with Crippen molar-refractivity contribution in [3.05, 3.63) is 0 Å². The lowest BCUT2D eigenvalue weighted by molar-refractivity contribution is -0.158. The summed E-state index contributed by atoms with van der Waals surface area (Å²) in [5, 5.41) is 0. The Morgan fingerprint density at radius 1 is 0.842 bits per heavy atom. The summed E-state index contributed by atoms with van der Waals surface area (Å²) in [5.74, 6) is -0.171. The van der Waals surface area contributed by atoms with Gasteiger partial charge in [0.2, 0.25) is 0 Å². The van der Waals surface area contributed by atoms with Gasteiger partial charge in [-0.25, -0.2) is 4.79 Å². The molecule has 0 heterocycles. The fourth-order valence-electron chi connectivity index (χ4n) is 1.90. The Labute approximate surface area is 119 Å². The zero-order chi connectivity index (χ0) is 14.3. The fraction of sp³-hybridized carbons (Fsp3) is 0.938. The van der Waals surface area contributed by atoms with E-state index in [1.54, 1.807) is 0 Å². The van der Waals surface area contributed by atoms with E-state index in [0.717, 1.165) is 38.5 Å². The minimum atomic E-state index is -0.354. The maximum Gasteiger partial charge on any atom is 0.335 e. The fourth-order valence-corrected chi connectivity index (χ4v) is 1.90. The summed E-state index contributed by atoms with van der Waals surface area (Å²) in [6.45, 7) is 7.61. The second kappa shape index (κ2) is 13.9. The Morgan fingerprint density at radius 3 is 2.11 bits per heavy atom. The lowest BCUT2D eigenvalue weighted by Crippen LogP contribution is -2.27. The molecule has 3 heteroatoms. The maximum atomic E-state index is 11.9. The van der Waals surface area contributed by atoms with E-state index in [-0.39, 0.29) is 12.1 Å². The molecule has 0 bridgehead atoms. The molecule has 0 aliphatic rings. The molecular formula is C16H32O3. The molecule has 0 spiro atoms. The summed E-state index contributed by atoms with van der Waals surface area (Å²) in [6.07, 6.45) is 9.23. The van der Waals surface area contributed by atoms with Crippen molar-refractivity contribution in [3.8, 4) is 0 Å². The zero-order valence-electron chi connectivity index (χ0n) is 13.1. The first-order valence-corrected chi connectivity index (χ1v) is 8.04. The van der Waals surface area contributed by atoms with Gasteiger partial charge in [0, 0.05) is 6.61 Å². The summed E-state index contributed by atoms with van der Waals surface area (Å²) in [6, 6.07) is 0. The van der Waals surface area contributed by atoms with E-state index in [2.05, 4.69) is 20.8 Å². The molecule has 1 atom stereocenters. The minimum absolute atomic E-state index is 0.171. The molecule has 0 fully saturated rings. The summed E-state index contributed by atoms with van der Waals surface area (Å²) < 4.78 is 10.9. The topological polar surface area (TPSA) is 35.5 Å². The number of esters is 1. The van der Waals surface area contributed by atoms with E-state index < -0.39 is 0 Å². The van der Waals surface area contributed by atoms with E-state index in [4.69, 9.17) is 9.47 Å². The Morgan fingerprint density at radius 2 is 1.47 bits per heavy atom. The van der Waals surface area contributed by atoms with Crippen molar-refractivity contribution in [3.63, 3.8) is 0 Å². The Hall–Kier alpha value is -0.570. The van der Waals surface area contributed by atoms with Gasteiger partial charge in [0.1, 0.15) is 0 Å². The van der Waals surface area contributed by atoms with Gasteiger partial charge in [-0.3, -0.25) is 0 Å². The van der Waals surface area contributed by atoms with Crippen LogP contribution in [0.15, 0.2) is 0 Å². The van der Waals surface area contributed by atoms with Crippen LogP contribution in [0.2, 0.25) is 0 Å². The van der Waals surface area contributed by atoms with Gasteiger partial charge in [-0.1, -0.05) is 59.3 Å². The van der Waals surface area contributed by atoms with E-state index in [0.29, 0.717) is 13.2 Å². The third kappa shape index (κ3) is 11.0. The molecule has 114 valence electrons. The first kappa shape index (κ1) is 18.4. The van der Waals surface area contributed by atoms with Crippen molar-refractivity contribution in [2.24, 2.45) is 0 Å². The molecule has 3 nitrogen and oxygen atoms in total. The van der Waals surface area contributed by atoms with Gasteiger partial charge in [-0.15, -0.1) is 0 Å². The maximum absolute atomic E-state index is 11.9. The van der Waals surface area contributed by atoms with Crippen LogP contribution in [-0.4, -0.2) is 25.3 Å². The average Bonchev–Trinajstić information content (AvgIpc) is 2.42. The molecule has 0 rings (SSSR count). The Kier molecular flexibility index (Phi) is 13.4. The van der Waals surface area contributed by atoms with E-state index in [9.17, 15) is 4.79 Å². The zero-order valence-corrected chi connectivity index (χ0v) is 13.1. The third-order valence-electron chi connectivity index (χ3n) is 3.12. The van der Waals surface area contributed by atoms with E-state index >= 15 is 0 Å². The molecule has 0 N–H and O–H groups in total. The highest BCUT2D eigenvalue weighted by Gasteiger charge is 2.19. The molecule has 0 aromatic carbocycles. The van der Waals surface area contributed by atoms with Crippen molar-refractivity contribution in [2.75, 3.05) is 13.2 Å². The SMILES string of the molecule is CCCCCCOC(=O)C(CCC)OCCCCC. The van der Waals surface area contributed by atoms with Crippen LogP contribution in [0.5, 0.6) is 0 Å². The molecule has 0 radical (unpaired) electrons. The molecule has 1 unspecified atom stereocenters. The Bertz CT molecular complexity index is 204. The van der Waals surface area contributed by atoms with Crippen molar-refractivity contribution in [2.45, 2.75) is 84.7 Å². The number of rotatable bonds is 13. The number of ether oxygens (including phenoxy) is 2. The molecule has 0 aromatic heterocycles. The van der Waals surface area contributed by atoms with Crippen molar-refractivity contribution >= 4 is 5.97 Å². The predicted molar refractivity (Wildman–Crippen MR) is 79.3 cm³/mol. The van der Waals surface area contributed by atoms with Gasteiger partial charge in [-0.2, -0.15) is 0 Å². The molecule has 19 heavy (non-hydrogen) atoms. The molecule has 0 aliphatic heterocycles. The van der Waals surface area contributed by atoms with Gasteiger partial charge in [0.05, 0.1) is 6.61 Å². The van der Waals surface area contributed by atoms with Crippen LogP contribution in [0, 0.1) is 0 Å². The molecule has 0 saturated carbocycles. The van der Waals surface area contributed by atoms with Crippen LogP contribution in [0.4, 0.5) is 0 Å². The highest BCUT2D eigenvalue weighted by molar-refractivity contribution is 5.74. The van der Waals surface area contributed by atoms with Crippen molar-refractivity contribution in [1.82, 2.24) is 0 Å². The summed E-state index contributed by atoms with van der Waals surface area (Å²) >= 11 is 0. The van der Waals surface area contributed by atoms with Gasteiger partial charge in [0.25, 0.3) is 0 Å². The number of hydrogen-bond donors (Lipinski definition) is 0. The van der Waals surface area contributed by atoms with Crippen molar-refractivity contribution < 1.29 is 14.3 Å². The summed E-state index contributed by atoms with van der Waals surface area (Å²) in [5.41, 5.74) is 0. The highest BCUT2D eigenvalue weighted by atomic mass is 16.6. The van der Waals surface area contributed by atoms with E-state index in [1.807, 2.05) is 0 Å². The second-order valence-electron chi connectivity index (χ2n) is 5.08. The van der Waals surface area contributed by atoms with Gasteiger partial charge in [-0.05, 0) is 19.3 Å². The molecule has 0 amide bonds. The summed E-state index contributed by atoms with van der Waals surface area (Å²) in [7, 11) is 0. The first-order chi connectivity index (χ1) is 9.26. The molecule has 0 saturated heterocycles. The minimum Gasteiger partial charge on any atom is -0.464 e. The third-order valence-corrected chi connectivity index (χ3v) is 3.12. The largest absolute Gasteiger partial charge is 0.464 e. The second-order valence-corrected chi connectivity index (χ2v) is 5.08. The molecule has 0 aromatic rings. The van der Waals surface area contributed by atoms with E-state index in [1.165, 1.54) is 19.3 Å². The van der Waals surface area contributed by atoms with Gasteiger partial charge in [0.15, 0.2) is 6.10 Å². The summed E-state index contributed by atoms with van der Waals surface area (Å²) in [4.78, 5) is 11.9. The van der Waals surface area contributed by atoms with Gasteiger partial charge >= 0.3 is 5.97 Å². The van der Waals surface area contributed by atoms with Crippen LogP contribution in [-0.2, 0) is 14.3 Å². The highest BCUT2D eigenvalue weighted by Crippen LogP contribution is 2.08. The Balaban J connectivity index is 3.76. The van der Waals surface area contributed by atoms with Crippen LogP contribution in [0.25, 0.3) is 0 Å². The van der Waals surface area contributed by atoms with Crippen LogP contribution < -0.4 is 0 Å². The number of unbranched alkanes of at least 4 members (excludes halogenated alkanes) is 5. The number of hydrogen-bond acceptors (Lipinski definition) is 3. The van der Waals surface area contributed by atoms with Crippen LogP contribution in [0.1, 0.15) is 78.6 Å². The quantitative estimate of drug-likeness (QED) is 0.366. The normalized spacial score (nSPS) is 12.4. The molecular weight excluding hydrogens is 240 g/mol. The van der Waals surface area contributed by atoms with Gasteiger partial charge < -0.3 is 9.47 Å². The van der Waals surface area contributed by atoms with Crippen LogP contribution in [0.3, 0.4) is 0 Å². The lowest BCUT2D eigenvalue weighted by atomic mass is 10.2. The lowest BCUT2D eigenvalue weighted by Gasteiger charge is -2.16. The average molecular weight is 272 g/mol. The monoisotopic (exact) mass is 272 g/mol. The van der Waals surface area contributed by atoms with Crippen LogP contribution >= 0.6 is 0 Å².